The molecule has 0 bridgehead atoms. The number of unbranched alkanes of at least 4 members (excludes halogenated alkanes) is 5. The topological polar surface area (TPSA) is 92.7 Å². The van der Waals surface area contributed by atoms with Gasteiger partial charge in [-0.25, -0.2) is 13.2 Å². The van der Waals surface area contributed by atoms with Crippen molar-refractivity contribution in [3.8, 4) is 5.75 Å². The summed E-state index contributed by atoms with van der Waals surface area (Å²) in [4.78, 5) is 10.9. The van der Waals surface area contributed by atoms with Crippen molar-refractivity contribution in [3.05, 3.63) is 36.4 Å². The average molecular weight is 392 g/mol. The number of hydrogen-bond donors (Lipinski definition) is 0. The van der Waals surface area contributed by atoms with E-state index in [0.717, 1.165) is 38.5 Å². The van der Waals surface area contributed by atoms with Gasteiger partial charge in [-0.05, 0) is 44.0 Å². The molecule has 0 aromatic heterocycles. The minimum Gasteiger partial charge on any atom is -0.744 e. The van der Waals surface area contributed by atoms with E-state index in [9.17, 15) is 17.8 Å². The predicted molar refractivity (Wildman–Crippen MR) is 93.4 cm³/mol. The van der Waals surface area contributed by atoms with Crippen molar-refractivity contribution in [3.63, 3.8) is 0 Å². The molecule has 0 saturated heterocycles. The van der Waals surface area contributed by atoms with Crippen LogP contribution >= 0.6 is 0 Å². The van der Waals surface area contributed by atoms with Crippen LogP contribution in [0.3, 0.4) is 0 Å². The van der Waals surface area contributed by atoms with Crippen LogP contribution in [0.2, 0.25) is 0 Å². The summed E-state index contributed by atoms with van der Waals surface area (Å²) in [6.45, 7) is 6.13. The summed E-state index contributed by atoms with van der Waals surface area (Å²) in [5.41, 5.74) is 0.421. The molecule has 0 spiro atoms. The molecule has 26 heavy (non-hydrogen) atoms. The molecule has 8 heteroatoms. The van der Waals surface area contributed by atoms with Gasteiger partial charge >= 0.3 is 35.5 Å². The monoisotopic (exact) mass is 392 g/mol. The van der Waals surface area contributed by atoms with Crippen LogP contribution < -0.4 is 34.3 Å². The number of benzene rings is 1. The van der Waals surface area contributed by atoms with Gasteiger partial charge in [-0.15, -0.1) is 0 Å². The van der Waals surface area contributed by atoms with Gasteiger partial charge in [0, 0.05) is 5.57 Å². The third kappa shape index (κ3) is 11.0. The molecule has 0 fully saturated rings. The molecular formula is C18H25NaO6S. The molecule has 0 atom stereocenters. The van der Waals surface area contributed by atoms with Crippen molar-refractivity contribution in [1.29, 1.82) is 0 Å². The Morgan fingerprint density at radius 1 is 1.00 bits per heavy atom. The standard InChI is InChI=1S/C18H26O6S.Na/c1-15(2)18(19)24-14-8-6-4-3-5-7-13-23-16-9-11-17(12-10-16)25(20,21)22;/h9-12H,1,3-8,13-14H2,2H3,(H,20,21,22);/q;+1/p-1. The molecule has 1 aromatic carbocycles. The second-order valence-electron chi connectivity index (χ2n) is 5.81. The predicted octanol–water partition coefficient (Wildman–Crippen LogP) is 0.433. The fourth-order valence-corrected chi connectivity index (χ4v) is 2.56. The van der Waals surface area contributed by atoms with E-state index < -0.39 is 10.1 Å². The van der Waals surface area contributed by atoms with E-state index >= 15 is 0 Å². The Kier molecular flexibility index (Phi) is 12.9. The SMILES string of the molecule is C=C(C)C(=O)OCCCCCCCCOc1ccc(S(=O)(=O)[O-])cc1.[Na+]. The molecule has 0 aliphatic heterocycles. The zero-order chi connectivity index (χ0) is 18.7. The Bertz CT molecular complexity index is 655. The number of carbonyl (C=O) groups is 1. The van der Waals surface area contributed by atoms with E-state index in [-0.39, 0.29) is 40.4 Å². The second-order valence-corrected chi connectivity index (χ2v) is 7.19. The molecule has 0 unspecified atom stereocenters. The maximum atomic E-state index is 11.2. The van der Waals surface area contributed by atoms with Crippen molar-refractivity contribution in [2.75, 3.05) is 13.2 Å². The zero-order valence-electron chi connectivity index (χ0n) is 15.5. The summed E-state index contributed by atoms with van der Waals surface area (Å²) in [6, 6.07) is 5.46. The molecule has 0 N–H and O–H groups in total. The maximum Gasteiger partial charge on any atom is 1.00 e. The minimum absolute atomic E-state index is 0. The molecule has 0 heterocycles. The van der Waals surface area contributed by atoms with Gasteiger partial charge in [0.05, 0.1) is 18.1 Å². The summed E-state index contributed by atoms with van der Waals surface area (Å²) < 4.78 is 42.9. The second kappa shape index (κ2) is 13.3. The molecule has 140 valence electrons. The molecule has 1 aromatic rings. The van der Waals surface area contributed by atoms with E-state index in [1.165, 1.54) is 24.3 Å². The number of hydrogen-bond acceptors (Lipinski definition) is 6. The van der Waals surface area contributed by atoms with Crippen LogP contribution in [-0.2, 0) is 19.6 Å². The van der Waals surface area contributed by atoms with Crippen LogP contribution in [0.1, 0.15) is 45.4 Å². The van der Waals surface area contributed by atoms with E-state index in [2.05, 4.69) is 6.58 Å². The largest absolute Gasteiger partial charge is 1.00 e. The van der Waals surface area contributed by atoms with Gasteiger partial charge in [-0.1, -0.05) is 32.3 Å². The third-order valence-electron chi connectivity index (χ3n) is 3.50. The Morgan fingerprint density at radius 3 is 2.00 bits per heavy atom. The summed E-state index contributed by atoms with van der Waals surface area (Å²) in [5.74, 6) is 0.213. The van der Waals surface area contributed by atoms with Crippen LogP contribution in [-0.4, -0.2) is 32.2 Å². The molecule has 6 nitrogen and oxygen atoms in total. The Morgan fingerprint density at radius 2 is 1.50 bits per heavy atom. The number of carbonyl (C=O) groups excluding carboxylic acids is 1. The number of ether oxygens (including phenoxy) is 2. The Balaban J connectivity index is 0.00000625. The molecule has 0 amide bonds. The smallest absolute Gasteiger partial charge is 0.744 e. The summed E-state index contributed by atoms with van der Waals surface area (Å²) in [7, 11) is -4.41. The van der Waals surface area contributed by atoms with E-state index in [1.54, 1.807) is 6.92 Å². The zero-order valence-corrected chi connectivity index (χ0v) is 18.3. The fourth-order valence-electron chi connectivity index (χ4n) is 2.09. The minimum atomic E-state index is -4.41. The van der Waals surface area contributed by atoms with Gasteiger partial charge in [0.2, 0.25) is 0 Å². The van der Waals surface area contributed by atoms with Gasteiger partial charge in [-0.3, -0.25) is 0 Å². The molecule has 1 rings (SSSR count). The quantitative estimate of drug-likeness (QED) is 0.168. The van der Waals surface area contributed by atoms with Crippen molar-refractivity contribution in [1.82, 2.24) is 0 Å². The van der Waals surface area contributed by atoms with Crippen LogP contribution in [0.25, 0.3) is 0 Å². The first kappa shape index (κ1) is 25.1. The number of esters is 1. The Hall–Kier alpha value is -0.860. The average Bonchev–Trinajstić information content (AvgIpc) is 2.55. The van der Waals surface area contributed by atoms with Crippen molar-refractivity contribution >= 4 is 16.1 Å². The Labute approximate surface area is 178 Å². The van der Waals surface area contributed by atoms with Crippen LogP contribution in [0.5, 0.6) is 5.75 Å². The first-order valence-corrected chi connectivity index (χ1v) is 9.73. The molecule has 0 radical (unpaired) electrons. The van der Waals surface area contributed by atoms with Crippen LogP contribution in [0.4, 0.5) is 0 Å². The first-order chi connectivity index (χ1) is 11.8. The van der Waals surface area contributed by atoms with Gasteiger partial charge in [0.25, 0.3) is 0 Å². The van der Waals surface area contributed by atoms with Gasteiger partial charge < -0.3 is 14.0 Å². The molecule has 0 aliphatic rings. The molecular weight excluding hydrogens is 367 g/mol. The fraction of sp³-hybridized carbons (Fsp3) is 0.500. The summed E-state index contributed by atoms with van der Waals surface area (Å²) >= 11 is 0. The van der Waals surface area contributed by atoms with Crippen molar-refractivity contribution in [2.24, 2.45) is 0 Å². The van der Waals surface area contributed by atoms with Crippen LogP contribution in [0.15, 0.2) is 41.3 Å². The normalized spacial score (nSPS) is 10.7. The van der Waals surface area contributed by atoms with Crippen LogP contribution in [0, 0.1) is 0 Å². The number of rotatable bonds is 12. The van der Waals surface area contributed by atoms with Gasteiger partial charge in [0.1, 0.15) is 15.9 Å². The van der Waals surface area contributed by atoms with Crippen molar-refractivity contribution < 1.29 is 56.8 Å². The van der Waals surface area contributed by atoms with E-state index in [4.69, 9.17) is 9.47 Å². The molecule has 0 saturated carbocycles. The van der Waals surface area contributed by atoms with Gasteiger partial charge in [-0.2, -0.15) is 0 Å². The summed E-state index contributed by atoms with van der Waals surface area (Å²) in [6.07, 6.45) is 5.93. The van der Waals surface area contributed by atoms with E-state index in [1.807, 2.05) is 0 Å². The van der Waals surface area contributed by atoms with E-state index in [0.29, 0.717) is 24.5 Å². The maximum absolute atomic E-state index is 11.2. The third-order valence-corrected chi connectivity index (χ3v) is 4.35. The molecule has 0 aliphatic carbocycles. The summed E-state index contributed by atoms with van der Waals surface area (Å²) in [5, 5.41) is 0. The van der Waals surface area contributed by atoms with Gasteiger partial charge in [0.15, 0.2) is 0 Å². The first-order valence-electron chi connectivity index (χ1n) is 8.32. The van der Waals surface area contributed by atoms with Crippen molar-refractivity contribution in [2.45, 2.75) is 50.3 Å².